The predicted molar refractivity (Wildman–Crippen MR) is 101 cm³/mol. The minimum absolute atomic E-state index is 0.368. The number of nitrogens with zero attached hydrogens (tertiary/aromatic N) is 2. The Labute approximate surface area is 156 Å². The Morgan fingerprint density at radius 2 is 1.70 bits per heavy atom. The molecule has 3 nitrogen and oxygen atoms in total. The van der Waals surface area contributed by atoms with Crippen LogP contribution in [0.4, 0.5) is 19.0 Å². The van der Waals surface area contributed by atoms with Gasteiger partial charge in [0, 0.05) is 17.8 Å². The van der Waals surface area contributed by atoms with Gasteiger partial charge in [0.15, 0.2) is 0 Å². The van der Waals surface area contributed by atoms with Crippen molar-refractivity contribution in [2.75, 3.05) is 5.32 Å². The Morgan fingerprint density at radius 1 is 1.00 bits per heavy atom. The van der Waals surface area contributed by atoms with E-state index in [9.17, 15) is 13.2 Å². The summed E-state index contributed by atoms with van der Waals surface area (Å²) in [5, 5.41) is 3.62. The van der Waals surface area contributed by atoms with Crippen LogP contribution >= 0.6 is 0 Å². The lowest BCUT2D eigenvalue weighted by Gasteiger charge is -2.24. The molecule has 0 amide bonds. The highest BCUT2D eigenvalue weighted by Gasteiger charge is 2.30. The van der Waals surface area contributed by atoms with E-state index in [1.165, 1.54) is 31.4 Å². The molecule has 2 aromatic heterocycles. The topological polar surface area (TPSA) is 29.3 Å². The van der Waals surface area contributed by atoms with Crippen LogP contribution in [0.25, 0.3) is 16.9 Å². The number of hydrogen-bond donors (Lipinski definition) is 1. The Kier molecular flexibility index (Phi) is 4.58. The first kappa shape index (κ1) is 17.9. The maximum Gasteiger partial charge on any atom is 0.416 e. The zero-order valence-corrected chi connectivity index (χ0v) is 15.2. The van der Waals surface area contributed by atoms with Gasteiger partial charge in [0.1, 0.15) is 17.2 Å². The molecule has 1 aliphatic rings. The molecule has 0 radical (unpaired) electrons. The summed E-state index contributed by atoms with van der Waals surface area (Å²) < 4.78 is 40.7. The molecule has 0 atom stereocenters. The first-order chi connectivity index (χ1) is 12.9. The normalized spacial score (nSPS) is 16.0. The molecule has 1 saturated carbocycles. The molecule has 6 heteroatoms. The minimum Gasteiger partial charge on any atom is -0.367 e. The number of hydrogen-bond acceptors (Lipinski definition) is 2. The van der Waals surface area contributed by atoms with Crippen molar-refractivity contribution in [3.63, 3.8) is 0 Å². The predicted octanol–water partition coefficient (Wildman–Crippen LogP) is 6.07. The molecule has 1 fully saturated rings. The van der Waals surface area contributed by atoms with Gasteiger partial charge in [-0.15, -0.1) is 0 Å². The van der Waals surface area contributed by atoms with Crippen molar-refractivity contribution in [1.82, 2.24) is 9.38 Å². The van der Waals surface area contributed by atoms with Crippen LogP contribution in [-0.2, 0) is 6.18 Å². The molecule has 0 unspecified atom stereocenters. The van der Waals surface area contributed by atoms with Gasteiger partial charge in [0.2, 0.25) is 0 Å². The number of anilines is 1. The van der Waals surface area contributed by atoms with Crippen LogP contribution in [0.3, 0.4) is 0 Å². The van der Waals surface area contributed by atoms with Crippen LogP contribution in [0.5, 0.6) is 0 Å². The first-order valence-electron chi connectivity index (χ1n) is 9.35. The summed E-state index contributed by atoms with van der Waals surface area (Å²) in [5.41, 5.74) is 2.62. The van der Waals surface area contributed by atoms with Crippen LogP contribution in [-0.4, -0.2) is 15.4 Å². The van der Waals surface area contributed by atoms with Crippen LogP contribution in [0, 0.1) is 6.92 Å². The number of alkyl halides is 3. The Morgan fingerprint density at radius 3 is 2.37 bits per heavy atom. The fraction of sp³-hybridized carbons (Fsp3) is 0.381. The molecule has 0 aliphatic heterocycles. The molecule has 3 aromatic rings. The molecule has 0 bridgehead atoms. The molecular weight excluding hydrogens is 351 g/mol. The van der Waals surface area contributed by atoms with Crippen LogP contribution in [0.1, 0.15) is 43.2 Å². The zero-order valence-electron chi connectivity index (χ0n) is 15.2. The molecule has 27 heavy (non-hydrogen) atoms. The molecule has 142 valence electrons. The van der Waals surface area contributed by atoms with Crippen molar-refractivity contribution < 1.29 is 13.2 Å². The van der Waals surface area contributed by atoms with Crippen LogP contribution < -0.4 is 5.32 Å². The maximum absolute atomic E-state index is 12.9. The molecule has 1 aliphatic carbocycles. The Balaban J connectivity index is 1.78. The Bertz CT molecular complexity index is 936. The lowest BCUT2D eigenvalue weighted by atomic mass is 9.95. The summed E-state index contributed by atoms with van der Waals surface area (Å²) in [6, 6.07) is 9.54. The highest BCUT2D eigenvalue weighted by Crippen LogP contribution is 2.34. The highest BCUT2D eigenvalue weighted by molar-refractivity contribution is 5.77. The van der Waals surface area contributed by atoms with Gasteiger partial charge < -0.3 is 5.32 Å². The second-order valence-electron chi connectivity index (χ2n) is 7.30. The van der Waals surface area contributed by atoms with Crippen molar-refractivity contribution >= 4 is 11.5 Å². The van der Waals surface area contributed by atoms with Crippen LogP contribution in [0.2, 0.25) is 0 Å². The lowest BCUT2D eigenvalue weighted by Crippen LogP contribution is -2.23. The van der Waals surface area contributed by atoms with Gasteiger partial charge in [-0.3, -0.25) is 4.40 Å². The molecule has 0 saturated heterocycles. The van der Waals surface area contributed by atoms with E-state index in [0.29, 0.717) is 17.3 Å². The van der Waals surface area contributed by atoms with Gasteiger partial charge in [0.05, 0.1) is 5.56 Å². The smallest absolute Gasteiger partial charge is 0.367 e. The van der Waals surface area contributed by atoms with Gasteiger partial charge in [-0.25, -0.2) is 4.98 Å². The monoisotopic (exact) mass is 373 g/mol. The number of halogens is 3. The molecular formula is C21H22F3N3. The quantitative estimate of drug-likeness (QED) is 0.603. The number of pyridine rings is 1. The summed E-state index contributed by atoms with van der Waals surface area (Å²) >= 11 is 0. The third-order valence-electron chi connectivity index (χ3n) is 5.20. The first-order valence-corrected chi connectivity index (χ1v) is 9.35. The van der Waals surface area contributed by atoms with E-state index in [4.69, 9.17) is 4.98 Å². The summed E-state index contributed by atoms with van der Waals surface area (Å²) in [6.07, 6.45) is 3.54. The van der Waals surface area contributed by atoms with Crippen molar-refractivity contribution in [2.45, 2.75) is 51.2 Å². The number of benzene rings is 1. The van der Waals surface area contributed by atoms with Gasteiger partial charge in [-0.2, -0.15) is 13.2 Å². The third kappa shape index (κ3) is 3.66. The molecule has 0 spiro atoms. The van der Waals surface area contributed by atoms with Gasteiger partial charge in [-0.05, 0) is 43.5 Å². The van der Waals surface area contributed by atoms with E-state index in [1.54, 1.807) is 0 Å². The van der Waals surface area contributed by atoms with E-state index in [2.05, 4.69) is 5.32 Å². The average molecular weight is 373 g/mol. The van der Waals surface area contributed by atoms with Crippen LogP contribution in [0.15, 0.2) is 42.6 Å². The maximum atomic E-state index is 12.9. The van der Waals surface area contributed by atoms with Gasteiger partial charge in [-0.1, -0.05) is 37.5 Å². The molecule has 1 aromatic carbocycles. The van der Waals surface area contributed by atoms with E-state index in [0.717, 1.165) is 42.0 Å². The number of nitrogens with one attached hydrogen (secondary N) is 1. The van der Waals surface area contributed by atoms with Crippen molar-refractivity contribution in [2.24, 2.45) is 0 Å². The summed E-state index contributed by atoms with van der Waals surface area (Å²) in [7, 11) is 0. The molecule has 4 rings (SSSR count). The number of rotatable bonds is 3. The minimum atomic E-state index is -4.34. The Hall–Kier alpha value is -2.50. The van der Waals surface area contributed by atoms with E-state index >= 15 is 0 Å². The van der Waals surface area contributed by atoms with Crippen molar-refractivity contribution in [3.05, 3.63) is 53.7 Å². The van der Waals surface area contributed by atoms with Crippen molar-refractivity contribution in [1.29, 1.82) is 0 Å². The summed E-state index contributed by atoms with van der Waals surface area (Å²) in [4.78, 5) is 4.70. The average Bonchev–Trinajstić information content (AvgIpc) is 3.00. The second-order valence-corrected chi connectivity index (χ2v) is 7.30. The summed E-state index contributed by atoms with van der Waals surface area (Å²) in [6.45, 7) is 2.02. The van der Waals surface area contributed by atoms with E-state index in [1.807, 2.05) is 29.7 Å². The fourth-order valence-electron chi connectivity index (χ4n) is 3.75. The van der Waals surface area contributed by atoms with Crippen molar-refractivity contribution in [3.8, 4) is 11.3 Å². The zero-order chi connectivity index (χ0) is 19.0. The SMILES string of the molecule is Cc1ccc2nc(-c3ccc(C(F)(F)F)cc3)c(NC3CCCCC3)n2c1. The standard InChI is InChI=1S/C21H22F3N3/c1-14-7-12-18-26-19(15-8-10-16(11-9-15)21(22,23)24)20(27(18)13-14)25-17-5-3-2-4-6-17/h7-13,17,25H,2-6H2,1H3. The summed E-state index contributed by atoms with van der Waals surface area (Å²) in [5.74, 6) is 0.861. The number of imidazole rings is 1. The second kappa shape index (κ2) is 6.91. The fourth-order valence-corrected chi connectivity index (χ4v) is 3.75. The van der Waals surface area contributed by atoms with E-state index < -0.39 is 11.7 Å². The lowest BCUT2D eigenvalue weighted by molar-refractivity contribution is -0.137. The largest absolute Gasteiger partial charge is 0.416 e. The highest BCUT2D eigenvalue weighted by atomic mass is 19.4. The van der Waals surface area contributed by atoms with Gasteiger partial charge >= 0.3 is 6.18 Å². The van der Waals surface area contributed by atoms with Gasteiger partial charge in [0.25, 0.3) is 0 Å². The molecule has 1 N–H and O–H groups in total. The third-order valence-corrected chi connectivity index (χ3v) is 5.20. The number of fused-ring (bicyclic) bond motifs is 1. The molecule has 2 heterocycles. The number of aryl methyl sites for hydroxylation is 1. The number of aromatic nitrogens is 2. The van der Waals surface area contributed by atoms with E-state index in [-0.39, 0.29) is 0 Å².